The van der Waals surface area contributed by atoms with E-state index >= 15 is 0 Å². The van der Waals surface area contributed by atoms with Crippen LogP contribution in [0.4, 0.5) is 5.69 Å². The van der Waals surface area contributed by atoms with Gasteiger partial charge in [-0.25, -0.2) is 4.68 Å². The molecule has 1 aliphatic carbocycles. The Morgan fingerprint density at radius 2 is 2.11 bits per heavy atom. The Balaban J connectivity index is 2.11. The third-order valence-electron chi connectivity index (χ3n) is 3.85. The summed E-state index contributed by atoms with van der Waals surface area (Å²) in [4.78, 5) is 0. The molecule has 1 fully saturated rings. The predicted molar refractivity (Wildman–Crippen MR) is 74.7 cm³/mol. The van der Waals surface area contributed by atoms with E-state index in [1.807, 2.05) is 10.7 Å². The van der Waals surface area contributed by atoms with Crippen molar-refractivity contribution in [3.8, 4) is 11.4 Å². The van der Waals surface area contributed by atoms with Crippen LogP contribution in [-0.4, -0.2) is 20.2 Å². The van der Waals surface area contributed by atoms with Crippen molar-refractivity contribution in [1.82, 2.24) is 20.2 Å². The normalized spacial score (nSPS) is 15.7. The van der Waals surface area contributed by atoms with Gasteiger partial charge in [0.2, 0.25) is 0 Å². The predicted octanol–water partition coefficient (Wildman–Crippen LogP) is 2.72. The minimum atomic E-state index is -0.104. The lowest BCUT2D eigenvalue weighted by molar-refractivity contribution is 0.271. The number of nitrogens with two attached hydrogens (primary N) is 1. The topological polar surface area (TPSA) is 69.6 Å². The molecule has 0 radical (unpaired) electrons. The van der Waals surface area contributed by atoms with Gasteiger partial charge in [0.25, 0.3) is 0 Å². The maximum atomic E-state index is 6.04. The molecule has 19 heavy (non-hydrogen) atoms. The fourth-order valence-corrected chi connectivity index (χ4v) is 2.60. The molecule has 0 saturated heterocycles. The highest BCUT2D eigenvalue weighted by atomic mass is 35.5. The van der Waals surface area contributed by atoms with Crippen molar-refractivity contribution in [1.29, 1.82) is 0 Å². The van der Waals surface area contributed by atoms with E-state index in [2.05, 4.69) is 29.4 Å². The van der Waals surface area contributed by atoms with Crippen LogP contribution in [-0.2, 0) is 5.54 Å². The molecule has 100 valence electrons. The van der Waals surface area contributed by atoms with E-state index in [1.54, 1.807) is 12.1 Å². The van der Waals surface area contributed by atoms with E-state index in [9.17, 15) is 0 Å². The molecule has 0 atom stereocenters. The van der Waals surface area contributed by atoms with Crippen molar-refractivity contribution in [3.05, 3.63) is 23.2 Å². The van der Waals surface area contributed by atoms with Crippen molar-refractivity contribution < 1.29 is 0 Å². The maximum absolute atomic E-state index is 6.04. The number of aromatic nitrogens is 4. The molecule has 5 nitrogen and oxygen atoms in total. The summed E-state index contributed by atoms with van der Waals surface area (Å²) in [5, 5.41) is 12.7. The highest BCUT2D eigenvalue weighted by Gasteiger charge is 2.41. The summed E-state index contributed by atoms with van der Waals surface area (Å²) in [6.45, 7) is 4.32. The molecule has 0 spiro atoms. The number of anilines is 1. The van der Waals surface area contributed by atoms with E-state index in [-0.39, 0.29) is 5.54 Å². The Hall–Kier alpha value is -1.62. The first-order valence-corrected chi connectivity index (χ1v) is 6.72. The molecule has 0 amide bonds. The van der Waals surface area contributed by atoms with E-state index in [0.717, 1.165) is 5.56 Å². The highest BCUT2D eigenvalue weighted by molar-refractivity contribution is 6.31. The second-order valence-corrected chi connectivity index (χ2v) is 6.01. The average Bonchev–Trinajstić information content (AvgIpc) is 3.11. The minimum Gasteiger partial charge on any atom is -0.398 e. The molecule has 6 heteroatoms. The van der Waals surface area contributed by atoms with Gasteiger partial charge in [-0.15, -0.1) is 5.10 Å². The standard InChI is InChI=1S/C13H16ClN5/c1-13(2,8-3-4-8)19-12(16-17-18-19)10-7-9(14)5-6-11(10)15/h5-8H,3-4,15H2,1-2H3. The molecule has 3 rings (SSSR count). The Labute approximate surface area is 116 Å². The molecule has 1 saturated carbocycles. The van der Waals surface area contributed by atoms with Gasteiger partial charge < -0.3 is 5.73 Å². The number of nitrogen functional groups attached to an aromatic ring is 1. The van der Waals surface area contributed by atoms with Gasteiger partial charge >= 0.3 is 0 Å². The smallest absolute Gasteiger partial charge is 0.184 e. The monoisotopic (exact) mass is 277 g/mol. The van der Waals surface area contributed by atoms with Gasteiger partial charge in [0.15, 0.2) is 5.82 Å². The molecule has 0 bridgehead atoms. The van der Waals surface area contributed by atoms with Crippen LogP contribution in [0.25, 0.3) is 11.4 Å². The van der Waals surface area contributed by atoms with Crippen molar-refractivity contribution in [3.63, 3.8) is 0 Å². The van der Waals surface area contributed by atoms with E-state index in [0.29, 0.717) is 22.5 Å². The summed E-state index contributed by atoms with van der Waals surface area (Å²) in [5.41, 5.74) is 7.33. The molecule has 1 aromatic heterocycles. The maximum Gasteiger partial charge on any atom is 0.184 e. The average molecular weight is 278 g/mol. The van der Waals surface area contributed by atoms with Gasteiger partial charge in [-0.1, -0.05) is 11.6 Å². The van der Waals surface area contributed by atoms with E-state index in [4.69, 9.17) is 17.3 Å². The quantitative estimate of drug-likeness (QED) is 0.876. The van der Waals surface area contributed by atoms with E-state index < -0.39 is 0 Å². The second-order valence-electron chi connectivity index (χ2n) is 5.57. The Morgan fingerprint density at radius 1 is 1.37 bits per heavy atom. The summed E-state index contributed by atoms with van der Waals surface area (Å²) in [7, 11) is 0. The summed E-state index contributed by atoms with van der Waals surface area (Å²) in [5.74, 6) is 1.30. The van der Waals surface area contributed by atoms with Crippen LogP contribution in [0.15, 0.2) is 18.2 Å². The van der Waals surface area contributed by atoms with Gasteiger partial charge in [-0.2, -0.15) is 0 Å². The number of benzene rings is 1. The molecule has 1 aliphatic rings. The zero-order valence-electron chi connectivity index (χ0n) is 11.0. The van der Waals surface area contributed by atoms with Crippen molar-refractivity contribution in [2.75, 3.05) is 5.73 Å². The third kappa shape index (κ3) is 2.08. The largest absolute Gasteiger partial charge is 0.398 e. The zero-order valence-corrected chi connectivity index (χ0v) is 11.7. The lowest BCUT2D eigenvalue weighted by atomic mass is 9.98. The fourth-order valence-electron chi connectivity index (χ4n) is 2.43. The number of hydrogen-bond donors (Lipinski definition) is 1. The number of halogens is 1. The number of nitrogens with zero attached hydrogens (tertiary/aromatic N) is 4. The number of hydrogen-bond acceptors (Lipinski definition) is 4. The van der Waals surface area contributed by atoms with Gasteiger partial charge in [-0.05, 0) is 61.2 Å². The fraction of sp³-hybridized carbons (Fsp3) is 0.462. The lowest BCUT2D eigenvalue weighted by Crippen LogP contribution is -2.30. The molecule has 2 N–H and O–H groups in total. The van der Waals surface area contributed by atoms with Crippen LogP contribution in [0, 0.1) is 5.92 Å². The van der Waals surface area contributed by atoms with Crippen LogP contribution < -0.4 is 5.73 Å². The van der Waals surface area contributed by atoms with Crippen molar-refractivity contribution >= 4 is 17.3 Å². The Kier molecular flexibility index (Phi) is 2.74. The summed E-state index contributed by atoms with van der Waals surface area (Å²) in [6.07, 6.45) is 2.44. The van der Waals surface area contributed by atoms with Crippen molar-refractivity contribution in [2.24, 2.45) is 5.92 Å². The van der Waals surface area contributed by atoms with Crippen LogP contribution in [0.3, 0.4) is 0 Å². The first-order valence-electron chi connectivity index (χ1n) is 6.34. The van der Waals surface area contributed by atoms with Crippen LogP contribution in [0.2, 0.25) is 5.02 Å². The minimum absolute atomic E-state index is 0.104. The molecular formula is C13H16ClN5. The summed E-state index contributed by atoms with van der Waals surface area (Å²) in [6, 6.07) is 5.35. The molecule has 1 aromatic carbocycles. The van der Waals surface area contributed by atoms with E-state index in [1.165, 1.54) is 12.8 Å². The Bertz CT molecular complexity index is 615. The van der Waals surface area contributed by atoms with Crippen LogP contribution >= 0.6 is 11.6 Å². The van der Waals surface area contributed by atoms with Gasteiger partial charge in [0.05, 0.1) is 5.54 Å². The molecule has 1 heterocycles. The van der Waals surface area contributed by atoms with Crippen LogP contribution in [0.1, 0.15) is 26.7 Å². The molecule has 0 aliphatic heterocycles. The lowest BCUT2D eigenvalue weighted by Gasteiger charge is -2.25. The SMILES string of the molecule is CC(C)(C1CC1)n1nnnc1-c1cc(Cl)ccc1N. The summed E-state index contributed by atoms with van der Waals surface area (Å²) < 4.78 is 1.87. The van der Waals surface area contributed by atoms with Gasteiger partial charge in [-0.3, -0.25) is 0 Å². The third-order valence-corrected chi connectivity index (χ3v) is 4.08. The molecule has 2 aromatic rings. The zero-order chi connectivity index (χ0) is 13.6. The molecular weight excluding hydrogens is 262 g/mol. The summed E-state index contributed by atoms with van der Waals surface area (Å²) >= 11 is 6.04. The number of rotatable bonds is 3. The van der Waals surface area contributed by atoms with Crippen molar-refractivity contribution in [2.45, 2.75) is 32.2 Å². The van der Waals surface area contributed by atoms with Gasteiger partial charge in [0, 0.05) is 16.3 Å². The highest BCUT2D eigenvalue weighted by Crippen LogP contribution is 2.45. The number of tetrazole rings is 1. The van der Waals surface area contributed by atoms with Crippen LogP contribution in [0.5, 0.6) is 0 Å². The second kappa shape index (κ2) is 4.20. The Morgan fingerprint density at radius 3 is 2.79 bits per heavy atom. The van der Waals surface area contributed by atoms with Gasteiger partial charge in [0.1, 0.15) is 0 Å². The first-order chi connectivity index (χ1) is 9.00. The molecule has 0 unspecified atom stereocenters. The first kappa shape index (κ1) is 12.4.